The largest absolute Gasteiger partial charge is 0.388 e. The van der Waals surface area contributed by atoms with Crippen LogP contribution in [0.25, 0.3) is 12.2 Å². The lowest BCUT2D eigenvalue weighted by molar-refractivity contribution is 1.51. The Morgan fingerprint density at radius 1 is 0.941 bits per heavy atom. The maximum atomic E-state index is 6.08. The van der Waals surface area contributed by atoms with E-state index in [-0.39, 0.29) is 0 Å². The highest BCUT2D eigenvalue weighted by molar-refractivity contribution is 6.32. The second kappa shape index (κ2) is 5.55. The van der Waals surface area contributed by atoms with Gasteiger partial charge in [0.1, 0.15) is 0 Å². The Hall–Kier alpha value is -1.73. The molecule has 0 aliphatic rings. The number of nitrogens with one attached hydrogen (secondary N) is 1. The first-order valence-electron chi connectivity index (χ1n) is 5.50. The van der Waals surface area contributed by atoms with Crippen LogP contribution in [-0.2, 0) is 0 Å². The normalized spacial score (nSPS) is 10.7. The lowest BCUT2D eigenvalue weighted by Gasteiger charge is -2.00. The van der Waals surface area contributed by atoms with Crippen LogP contribution in [0.15, 0.2) is 48.5 Å². The van der Waals surface area contributed by atoms with E-state index in [2.05, 4.69) is 23.5 Å². The first-order valence-corrected chi connectivity index (χ1v) is 5.88. The van der Waals surface area contributed by atoms with E-state index in [0.717, 1.165) is 21.8 Å². The molecule has 0 amide bonds. The van der Waals surface area contributed by atoms with Gasteiger partial charge in [0.15, 0.2) is 0 Å². The molecule has 0 spiro atoms. The lowest BCUT2D eigenvalue weighted by Crippen LogP contribution is -1.86. The zero-order valence-electron chi connectivity index (χ0n) is 9.65. The summed E-state index contributed by atoms with van der Waals surface area (Å²) in [5.41, 5.74) is 3.30. The lowest BCUT2D eigenvalue weighted by atomic mass is 10.1. The molecule has 2 aromatic carbocycles. The van der Waals surface area contributed by atoms with Crippen molar-refractivity contribution in [1.29, 1.82) is 0 Å². The van der Waals surface area contributed by atoms with E-state index in [1.54, 1.807) is 0 Å². The van der Waals surface area contributed by atoms with Crippen LogP contribution >= 0.6 is 11.6 Å². The maximum absolute atomic E-state index is 6.08. The molecule has 0 saturated carbocycles. The van der Waals surface area contributed by atoms with Gasteiger partial charge >= 0.3 is 0 Å². The van der Waals surface area contributed by atoms with E-state index in [0.29, 0.717) is 0 Å². The molecule has 86 valence electrons. The molecule has 17 heavy (non-hydrogen) atoms. The number of hydrogen-bond donors (Lipinski definition) is 1. The summed E-state index contributed by atoms with van der Waals surface area (Å²) in [6.07, 6.45) is 4.08. The second-order valence-electron chi connectivity index (χ2n) is 3.73. The smallest absolute Gasteiger partial charge is 0.0478 e. The molecule has 0 fully saturated rings. The third kappa shape index (κ3) is 3.11. The van der Waals surface area contributed by atoms with Gasteiger partial charge in [0.05, 0.1) is 0 Å². The number of anilines is 1. The van der Waals surface area contributed by atoms with Gasteiger partial charge in [-0.15, -0.1) is 0 Å². The first-order chi connectivity index (χ1) is 8.29. The van der Waals surface area contributed by atoms with Crippen LogP contribution in [0.1, 0.15) is 11.1 Å². The molecule has 0 bridgehead atoms. The van der Waals surface area contributed by atoms with Gasteiger partial charge in [0, 0.05) is 17.8 Å². The van der Waals surface area contributed by atoms with Crippen molar-refractivity contribution in [2.75, 3.05) is 12.4 Å². The fourth-order valence-electron chi connectivity index (χ4n) is 1.56. The van der Waals surface area contributed by atoms with Crippen LogP contribution in [-0.4, -0.2) is 7.05 Å². The van der Waals surface area contributed by atoms with Crippen molar-refractivity contribution in [3.8, 4) is 0 Å². The summed E-state index contributed by atoms with van der Waals surface area (Å²) < 4.78 is 0. The van der Waals surface area contributed by atoms with E-state index < -0.39 is 0 Å². The summed E-state index contributed by atoms with van der Waals surface area (Å²) in [6, 6.07) is 16.0. The third-order valence-electron chi connectivity index (χ3n) is 2.56. The van der Waals surface area contributed by atoms with Crippen molar-refractivity contribution in [2.45, 2.75) is 0 Å². The average Bonchev–Trinajstić information content (AvgIpc) is 2.38. The minimum absolute atomic E-state index is 0.774. The predicted molar refractivity (Wildman–Crippen MR) is 76.4 cm³/mol. The van der Waals surface area contributed by atoms with E-state index in [9.17, 15) is 0 Å². The Balaban J connectivity index is 2.17. The SMILES string of the molecule is CNc1ccc(/C=C/c2ccccc2Cl)cc1. The molecule has 2 aromatic rings. The Labute approximate surface area is 107 Å². The Morgan fingerprint density at radius 2 is 1.65 bits per heavy atom. The minimum Gasteiger partial charge on any atom is -0.388 e. The van der Waals surface area contributed by atoms with Gasteiger partial charge in [-0.3, -0.25) is 0 Å². The minimum atomic E-state index is 0.774. The molecule has 0 radical (unpaired) electrons. The van der Waals surface area contributed by atoms with E-state index >= 15 is 0 Å². The van der Waals surface area contributed by atoms with Gasteiger partial charge in [0.25, 0.3) is 0 Å². The van der Waals surface area contributed by atoms with Crippen molar-refractivity contribution in [2.24, 2.45) is 0 Å². The summed E-state index contributed by atoms with van der Waals surface area (Å²) in [5, 5.41) is 3.87. The molecule has 0 aliphatic carbocycles. The fraction of sp³-hybridized carbons (Fsp3) is 0.0667. The van der Waals surface area contributed by atoms with Gasteiger partial charge in [-0.05, 0) is 29.3 Å². The maximum Gasteiger partial charge on any atom is 0.0478 e. The zero-order chi connectivity index (χ0) is 12.1. The molecule has 0 aliphatic heterocycles. The second-order valence-corrected chi connectivity index (χ2v) is 4.13. The summed E-state index contributed by atoms with van der Waals surface area (Å²) in [6.45, 7) is 0. The van der Waals surface area contributed by atoms with E-state index in [1.807, 2.05) is 49.5 Å². The highest BCUT2D eigenvalue weighted by Crippen LogP contribution is 2.18. The van der Waals surface area contributed by atoms with Crippen LogP contribution in [0.5, 0.6) is 0 Å². The molecule has 1 nitrogen and oxygen atoms in total. The highest BCUT2D eigenvalue weighted by Gasteiger charge is 1.93. The number of benzene rings is 2. The molecule has 1 N–H and O–H groups in total. The topological polar surface area (TPSA) is 12.0 Å². The first kappa shape index (κ1) is 11.7. The Bertz CT molecular complexity index is 515. The highest BCUT2D eigenvalue weighted by atomic mass is 35.5. The molecule has 0 atom stereocenters. The summed E-state index contributed by atoms with van der Waals surface area (Å²) >= 11 is 6.08. The van der Waals surface area contributed by atoms with Crippen LogP contribution in [0.4, 0.5) is 5.69 Å². The molecule has 0 heterocycles. The molecule has 2 heteroatoms. The van der Waals surface area contributed by atoms with Crippen molar-refractivity contribution >= 4 is 29.4 Å². The van der Waals surface area contributed by atoms with E-state index in [4.69, 9.17) is 11.6 Å². The molecule has 0 aromatic heterocycles. The summed E-state index contributed by atoms with van der Waals surface area (Å²) in [5.74, 6) is 0. The van der Waals surface area contributed by atoms with Crippen molar-refractivity contribution in [3.63, 3.8) is 0 Å². The Kier molecular flexibility index (Phi) is 3.84. The number of hydrogen-bond acceptors (Lipinski definition) is 1. The number of halogens is 1. The summed E-state index contributed by atoms with van der Waals surface area (Å²) in [7, 11) is 1.91. The predicted octanol–water partition coefficient (Wildman–Crippen LogP) is 4.55. The van der Waals surface area contributed by atoms with Crippen molar-refractivity contribution < 1.29 is 0 Å². The van der Waals surface area contributed by atoms with Crippen molar-refractivity contribution in [1.82, 2.24) is 0 Å². The Morgan fingerprint density at radius 3 is 2.29 bits per heavy atom. The van der Waals surface area contributed by atoms with Gasteiger partial charge in [-0.2, -0.15) is 0 Å². The fourth-order valence-corrected chi connectivity index (χ4v) is 1.76. The van der Waals surface area contributed by atoms with Crippen molar-refractivity contribution in [3.05, 3.63) is 64.7 Å². The number of rotatable bonds is 3. The van der Waals surface area contributed by atoms with Crippen LogP contribution in [0.3, 0.4) is 0 Å². The average molecular weight is 244 g/mol. The van der Waals surface area contributed by atoms with Gasteiger partial charge < -0.3 is 5.32 Å². The molecular weight excluding hydrogens is 230 g/mol. The molecule has 0 unspecified atom stereocenters. The van der Waals surface area contributed by atoms with Crippen LogP contribution in [0.2, 0.25) is 5.02 Å². The van der Waals surface area contributed by atoms with Gasteiger partial charge in [0.2, 0.25) is 0 Å². The zero-order valence-corrected chi connectivity index (χ0v) is 10.4. The van der Waals surface area contributed by atoms with Gasteiger partial charge in [-0.25, -0.2) is 0 Å². The summed E-state index contributed by atoms with van der Waals surface area (Å²) in [4.78, 5) is 0. The van der Waals surface area contributed by atoms with Gasteiger partial charge in [-0.1, -0.05) is 54.1 Å². The van der Waals surface area contributed by atoms with Crippen LogP contribution in [0, 0.1) is 0 Å². The van der Waals surface area contributed by atoms with Crippen LogP contribution < -0.4 is 5.32 Å². The van der Waals surface area contributed by atoms with E-state index in [1.165, 1.54) is 0 Å². The monoisotopic (exact) mass is 243 g/mol. The third-order valence-corrected chi connectivity index (χ3v) is 2.90. The standard InChI is InChI=1S/C15H14ClN/c1-17-14-10-7-12(8-11-14)6-9-13-4-2-3-5-15(13)16/h2-11,17H,1H3/b9-6+. The quantitative estimate of drug-likeness (QED) is 0.780. The molecular formula is C15H14ClN. The molecule has 2 rings (SSSR count). The molecule has 0 saturated heterocycles.